The molecule has 4 nitrogen and oxygen atoms in total. The standard InChI is InChI=1S/C11H18N4/c1-8-9(2)15(6-5-14(3)4)11(13)10(8)7-12/h5-6,13H2,1-4H3. The third-order valence-electron chi connectivity index (χ3n) is 2.75. The molecule has 0 aliphatic heterocycles. The van der Waals surface area contributed by atoms with E-state index in [-0.39, 0.29) is 0 Å². The highest BCUT2D eigenvalue weighted by Crippen LogP contribution is 2.22. The molecule has 0 saturated carbocycles. The van der Waals surface area contributed by atoms with Gasteiger partial charge < -0.3 is 15.2 Å². The maximum atomic E-state index is 8.96. The second-order valence-corrected chi connectivity index (χ2v) is 4.04. The van der Waals surface area contributed by atoms with E-state index in [1.807, 2.05) is 32.5 Å². The molecule has 4 heteroatoms. The number of nitrogen functional groups attached to an aromatic ring is 1. The largest absolute Gasteiger partial charge is 0.384 e. The van der Waals surface area contributed by atoms with Crippen LogP contribution in [0.5, 0.6) is 0 Å². The molecule has 0 unspecified atom stereocenters. The topological polar surface area (TPSA) is 58.0 Å². The van der Waals surface area contributed by atoms with E-state index in [1.165, 1.54) is 0 Å². The molecule has 0 radical (unpaired) electrons. The molecule has 0 spiro atoms. The number of anilines is 1. The van der Waals surface area contributed by atoms with Crippen LogP contribution in [0.25, 0.3) is 0 Å². The molecular formula is C11H18N4. The van der Waals surface area contributed by atoms with Crippen molar-refractivity contribution in [2.24, 2.45) is 0 Å². The fourth-order valence-electron chi connectivity index (χ4n) is 1.62. The number of aromatic nitrogens is 1. The van der Waals surface area contributed by atoms with E-state index in [9.17, 15) is 0 Å². The Balaban J connectivity index is 3.04. The average Bonchev–Trinajstić information content (AvgIpc) is 2.36. The molecule has 0 aromatic carbocycles. The van der Waals surface area contributed by atoms with Gasteiger partial charge in [-0.15, -0.1) is 0 Å². The first kappa shape index (κ1) is 11.6. The molecular weight excluding hydrogens is 188 g/mol. The molecule has 0 aliphatic rings. The fourth-order valence-corrected chi connectivity index (χ4v) is 1.62. The van der Waals surface area contributed by atoms with Gasteiger partial charge in [0.25, 0.3) is 0 Å². The van der Waals surface area contributed by atoms with Crippen LogP contribution in [-0.2, 0) is 6.54 Å². The van der Waals surface area contributed by atoms with Crippen LogP contribution in [0.2, 0.25) is 0 Å². The van der Waals surface area contributed by atoms with Crippen molar-refractivity contribution in [3.8, 4) is 6.07 Å². The van der Waals surface area contributed by atoms with Gasteiger partial charge in [0.2, 0.25) is 0 Å². The Morgan fingerprint density at radius 2 is 2.00 bits per heavy atom. The van der Waals surface area contributed by atoms with Crippen molar-refractivity contribution in [1.82, 2.24) is 9.47 Å². The zero-order valence-electron chi connectivity index (χ0n) is 9.83. The highest BCUT2D eigenvalue weighted by molar-refractivity contribution is 5.57. The first-order chi connectivity index (χ1) is 6.99. The summed E-state index contributed by atoms with van der Waals surface area (Å²) in [6, 6.07) is 2.15. The normalized spacial score (nSPS) is 10.7. The van der Waals surface area contributed by atoms with Gasteiger partial charge in [-0.1, -0.05) is 0 Å². The Kier molecular flexibility index (Phi) is 3.38. The number of nitrogens with zero attached hydrogens (tertiary/aromatic N) is 3. The number of nitrogens with two attached hydrogens (primary N) is 1. The Morgan fingerprint density at radius 3 is 2.40 bits per heavy atom. The molecule has 15 heavy (non-hydrogen) atoms. The number of likely N-dealkylation sites (N-methyl/N-ethyl adjacent to an activating group) is 1. The summed E-state index contributed by atoms with van der Waals surface area (Å²) in [6.45, 7) is 5.69. The lowest BCUT2D eigenvalue weighted by Crippen LogP contribution is -2.19. The summed E-state index contributed by atoms with van der Waals surface area (Å²) in [5.41, 5.74) is 8.62. The van der Waals surface area contributed by atoms with Gasteiger partial charge in [-0.3, -0.25) is 0 Å². The van der Waals surface area contributed by atoms with Gasteiger partial charge in [0.1, 0.15) is 11.9 Å². The molecule has 1 aromatic heterocycles. The summed E-state index contributed by atoms with van der Waals surface area (Å²) in [4.78, 5) is 2.10. The van der Waals surface area contributed by atoms with E-state index in [4.69, 9.17) is 11.0 Å². The minimum absolute atomic E-state index is 0.592. The van der Waals surface area contributed by atoms with Gasteiger partial charge in [0.05, 0.1) is 5.56 Å². The molecule has 1 rings (SSSR count). The van der Waals surface area contributed by atoms with Crippen LogP contribution in [0.15, 0.2) is 0 Å². The number of nitriles is 1. The summed E-state index contributed by atoms with van der Waals surface area (Å²) >= 11 is 0. The quantitative estimate of drug-likeness (QED) is 0.806. The van der Waals surface area contributed by atoms with Gasteiger partial charge in [0, 0.05) is 18.8 Å². The fraction of sp³-hybridized carbons (Fsp3) is 0.545. The third kappa shape index (κ3) is 2.13. The van der Waals surface area contributed by atoms with Crippen molar-refractivity contribution in [2.45, 2.75) is 20.4 Å². The monoisotopic (exact) mass is 206 g/mol. The van der Waals surface area contributed by atoms with E-state index >= 15 is 0 Å². The van der Waals surface area contributed by atoms with Crippen molar-refractivity contribution in [3.63, 3.8) is 0 Å². The highest BCUT2D eigenvalue weighted by Gasteiger charge is 2.14. The number of hydrogen-bond acceptors (Lipinski definition) is 3. The zero-order valence-corrected chi connectivity index (χ0v) is 9.83. The van der Waals surface area contributed by atoms with E-state index in [2.05, 4.69) is 11.0 Å². The van der Waals surface area contributed by atoms with Crippen LogP contribution in [0.3, 0.4) is 0 Å². The lowest BCUT2D eigenvalue weighted by Gasteiger charge is -2.13. The molecule has 2 N–H and O–H groups in total. The smallest absolute Gasteiger partial charge is 0.122 e. The van der Waals surface area contributed by atoms with Gasteiger partial charge in [-0.2, -0.15) is 5.26 Å². The predicted octanol–water partition coefficient (Wildman–Crippen LogP) is 1.12. The molecule has 0 amide bonds. The minimum Gasteiger partial charge on any atom is -0.384 e. The molecule has 0 aliphatic carbocycles. The third-order valence-corrected chi connectivity index (χ3v) is 2.75. The molecule has 0 bridgehead atoms. The SMILES string of the molecule is Cc1c(C#N)c(N)n(CCN(C)C)c1C. The maximum Gasteiger partial charge on any atom is 0.122 e. The second-order valence-electron chi connectivity index (χ2n) is 4.04. The summed E-state index contributed by atoms with van der Waals surface area (Å²) < 4.78 is 2.01. The van der Waals surface area contributed by atoms with Crippen LogP contribution in [0, 0.1) is 25.2 Å². The first-order valence-corrected chi connectivity index (χ1v) is 4.99. The Labute approximate surface area is 90.9 Å². The van der Waals surface area contributed by atoms with Gasteiger partial charge in [-0.25, -0.2) is 0 Å². The summed E-state index contributed by atoms with van der Waals surface area (Å²) in [6.07, 6.45) is 0. The lowest BCUT2D eigenvalue weighted by molar-refractivity contribution is 0.383. The Bertz CT molecular complexity index is 396. The second kappa shape index (κ2) is 4.37. The van der Waals surface area contributed by atoms with Crippen molar-refractivity contribution >= 4 is 5.82 Å². The maximum absolute atomic E-state index is 8.96. The Morgan fingerprint density at radius 1 is 1.40 bits per heavy atom. The molecule has 0 fully saturated rings. The number of rotatable bonds is 3. The molecule has 1 heterocycles. The minimum atomic E-state index is 0.592. The van der Waals surface area contributed by atoms with Crippen molar-refractivity contribution in [1.29, 1.82) is 5.26 Å². The summed E-state index contributed by atoms with van der Waals surface area (Å²) in [7, 11) is 4.04. The Hall–Kier alpha value is -1.47. The van der Waals surface area contributed by atoms with E-state index in [0.717, 1.165) is 24.3 Å². The van der Waals surface area contributed by atoms with Gasteiger partial charge in [-0.05, 0) is 33.5 Å². The predicted molar refractivity (Wildman–Crippen MR) is 61.6 cm³/mol. The molecule has 0 saturated heterocycles. The van der Waals surface area contributed by atoms with Gasteiger partial charge >= 0.3 is 0 Å². The lowest BCUT2D eigenvalue weighted by atomic mass is 10.2. The van der Waals surface area contributed by atoms with Crippen LogP contribution in [0.1, 0.15) is 16.8 Å². The summed E-state index contributed by atoms with van der Waals surface area (Å²) in [5.74, 6) is 0.592. The van der Waals surface area contributed by atoms with Crippen LogP contribution in [-0.4, -0.2) is 30.1 Å². The molecule has 82 valence electrons. The van der Waals surface area contributed by atoms with Crippen LogP contribution >= 0.6 is 0 Å². The zero-order chi connectivity index (χ0) is 11.6. The first-order valence-electron chi connectivity index (χ1n) is 4.99. The van der Waals surface area contributed by atoms with E-state index < -0.39 is 0 Å². The van der Waals surface area contributed by atoms with Crippen molar-refractivity contribution in [3.05, 3.63) is 16.8 Å². The van der Waals surface area contributed by atoms with Crippen LogP contribution < -0.4 is 5.73 Å². The van der Waals surface area contributed by atoms with E-state index in [1.54, 1.807) is 0 Å². The molecule has 0 atom stereocenters. The number of hydrogen-bond donors (Lipinski definition) is 1. The highest BCUT2D eigenvalue weighted by atomic mass is 15.1. The van der Waals surface area contributed by atoms with E-state index in [0.29, 0.717) is 11.4 Å². The van der Waals surface area contributed by atoms with Gasteiger partial charge in [0.15, 0.2) is 0 Å². The van der Waals surface area contributed by atoms with Crippen molar-refractivity contribution < 1.29 is 0 Å². The van der Waals surface area contributed by atoms with Crippen LogP contribution in [0.4, 0.5) is 5.82 Å². The average molecular weight is 206 g/mol. The van der Waals surface area contributed by atoms with Crippen molar-refractivity contribution in [2.75, 3.05) is 26.4 Å². The summed E-state index contributed by atoms with van der Waals surface area (Å²) in [5, 5.41) is 8.96. The molecule has 1 aromatic rings.